The molecule has 1 atom stereocenters. The third-order valence-corrected chi connectivity index (χ3v) is 8.32. The summed E-state index contributed by atoms with van der Waals surface area (Å²) in [5.74, 6) is -0.730. The van der Waals surface area contributed by atoms with Crippen molar-refractivity contribution in [3.05, 3.63) is 156 Å². The van der Waals surface area contributed by atoms with E-state index in [2.05, 4.69) is 16.0 Å². The van der Waals surface area contributed by atoms with E-state index in [1.165, 1.54) is 56.3 Å². The van der Waals surface area contributed by atoms with Crippen LogP contribution in [0, 0.1) is 5.82 Å². The van der Waals surface area contributed by atoms with Crippen molar-refractivity contribution in [2.75, 3.05) is 24.9 Å². The fourth-order valence-electron chi connectivity index (χ4n) is 4.66. The van der Waals surface area contributed by atoms with Crippen molar-refractivity contribution in [1.82, 2.24) is 5.32 Å². The van der Waals surface area contributed by atoms with Gasteiger partial charge in [0, 0.05) is 33.5 Å². The maximum atomic E-state index is 13.7. The van der Waals surface area contributed by atoms with Crippen LogP contribution in [-0.2, 0) is 9.59 Å². The minimum absolute atomic E-state index is 0.0220. The number of anilines is 2. The van der Waals surface area contributed by atoms with E-state index in [0.717, 1.165) is 5.56 Å². The Balaban J connectivity index is 1.40. The molecule has 0 aliphatic carbocycles. The Morgan fingerprint density at radius 2 is 1.44 bits per heavy atom. The molecule has 8 nitrogen and oxygen atoms in total. The number of ether oxygens (including phenoxy) is 2. The van der Waals surface area contributed by atoms with Gasteiger partial charge < -0.3 is 25.4 Å². The molecule has 1 unspecified atom stereocenters. The van der Waals surface area contributed by atoms with E-state index in [4.69, 9.17) is 9.47 Å². The second-order valence-corrected chi connectivity index (χ2v) is 11.6. The molecule has 48 heavy (non-hydrogen) atoms. The zero-order chi connectivity index (χ0) is 33.9. The van der Waals surface area contributed by atoms with Gasteiger partial charge in [0.2, 0.25) is 5.91 Å². The van der Waals surface area contributed by atoms with E-state index in [9.17, 15) is 18.8 Å². The van der Waals surface area contributed by atoms with E-state index in [1.54, 1.807) is 66.7 Å². The van der Waals surface area contributed by atoms with Crippen molar-refractivity contribution in [3.63, 3.8) is 0 Å². The number of hydrogen-bond donors (Lipinski definition) is 3. The van der Waals surface area contributed by atoms with Crippen LogP contribution in [-0.4, -0.2) is 31.9 Å². The standard InChI is InChI=1S/C38H32FN3O5S/c1-46-31-21-16-27(34(24-31)47-2)22-33(42-36(43)26-12-7-4-8-13-26)37(44)41-30-14-9-15-32(23-30)48-35(25-10-5-3-6-11-25)38(45)40-29-19-17-28(39)18-20-29/h3-24,35H,1-2H3,(H,40,45)(H,41,44)(H,42,43)/b33-22+. The fourth-order valence-corrected chi connectivity index (χ4v) is 5.74. The Kier molecular flexibility index (Phi) is 11.2. The molecule has 242 valence electrons. The van der Waals surface area contributed by atoms with Gasteiger partial charge in [-0.15, -0.1) is 11.8 Å². The van der Waals surface area contributed by atoms with Crippen LogP contribution in [0.1, 0.15) is 26.7 Å². The molecule has 3 N–H and O–H groups in total. The molecule has 0 spiro atoms. The molecule has 0 heterocycles. The van der Waals surface area contributed by atoms with Crippen molar-refractivity contribution in [2.24, 2.45) is 0 Å². The fraction of sp³-hybridized carbons (Fsp3) is 0.0789. The van der Waals surface area contributed by atoms with Gasteiger partial charge in [0.1, 0.15) is 28.3 Å². The molecule has 0 radical (unpaired) electrons. The molecule has 0 bridgehead atoms. The number of carbonyl (C=O) groups is 3. The lowest BCUT2D eigenvalue weighted by Crippen LogP contribution is -2.30. The second-order valence-electron chi connectivity index (χ2n) is 10.4. The minimum atomic E-state index is -0.662. The first-order valence-electron chi connectivity index (χ1n) is 14.8. The molecule has 0 aliphatic heterocycles. The summed E-state index contributed by atoms with van der Waals surface area (Å²) in [5.41, 5.74) is 2.57. The normalized spacial score (nSPS) is 11.6. The predicted octanol–water partition coefficient (Wildman–Crippen LogP) is 7.72. The van der Waals surface area contributed by atoms with Gasteiger partial charge in [-0.05, 0) is 78.4 Å². The van der Waals surface area contributed by atoms with Crippen LogP contribution in [0.3, 0.4) is 0 Å². The van der Waals surface area contributed by atoms with E-state index in [-0.39, 0.29) is 11.6 Å². The van der Waals surface area contributed by atoms with Gasteiger partial charge in [0.25, 0.3) is 11.8 Å². The molecule has 0 fully saturated rings. The Hall–Kier alpha value is -5.87. The van der Waals surface area contributed by atoms with Gasteiger partial charge in [-0.3, -0.25) is 14.4 Å². The number of benzene rings is 5. The van der Waals surface area contributed by atoms with Gasteiger partial charge in [-0.25, -0.2) is 4.39 Å². The maximum absolute atomic E-state index is 13.7. The van der Waals surface area contributed by atoms with Crippen LogP contribution in [0.25, 0.3) is 6.08 Å². The SMILES string of the molecule is COc1ccc(/C=C(/NC(=O)c2ccccc2)C(=O)Nc2cccc(SC(C(=O)Nc3ccc(F)cc3)c3ccccc3)c2)c(OC)c1. The first kappa shape index (κ1) is 33.5. The molecule has 0 aromatic heterocycles. The number of rotatable bonds is 12. The molecule has 0 saturated heterocycles. The topological polar surface area (TPSA) is 106 Å². The lowest BCUT2D eigenvalue weighted by molar-refractivity contribution is -0.116. The summed E-state index contributed by atoms with van der Waals surface area (Å²) in [6.07, 6.45) is 1.53. The number of halogens is 1. The average molecular weight is 662 g/mol. The average Bonchev–Trinajstić information content (AvgIpc) is 3.12. The largest absolute Gasteiger partial charge is 0.497 e. The van der Waals surface area contributed by atoms with Crippen molar-refractivity contribution in [1.29, 1.82) is 0 Å². The Morgan fingerprint density at radius 3 is 2.12 bits per heavy atom. The third kappa shape index (κ3) is 8.89. The first-order chi connectivity index (χ1) is 23.3. The van der Waals surface area contributed by atoms with Crippen molar-refractivity contribution >= 4 is 46.9 Å². The van der Waals surface area contributed by atoms with Gasteiger partial charge >= 0.3 is 0 Å². The molecule has 5 aromatic carbocycles. The summed E-state index contributed by atoms with van der Waals surface area (Å²) in [7, 11) is 3.04. The number of methoxy groups -OCH3 is 2. The summed E-state index contributed by atoms with van der Waals surface area (Å²) in [5, 5.41) is 7.80. The Morgan fingerprint density at radius 1 is 0.729 bits per heavy atom. The molecule has 5 rings (SSSR count). The summed E-state index contributed by atoms with van der Waals surface area (Å²) in [4.78, 5) is 41.1. The van der Waals surface area contributed by atoms with E-state index < -0.39 is 22.9 Å². The van der Waals surface area contributed by atoms with Gasteiger partial charge in [0.05, 0.1) is 14.2 Å². The van der Waals surface area contributed by atoms with Crippen LogP contribution < -0.4 is 25.4 Å². The Labute approximate surface area is 282 Å². The van der Waals surface area contributed by atoms with Crippen LogP contribution in [0.15, 0.2) is 138 Å². The maximum Gasteiger partial charge on any atom is 0.272 e. The highest BCUT2D eigenvalue weighted by Gasteiger charge is 2.23. The smallest absolute Gasteiger partial charge is 0.272 e. The van der Waals surface area contributed by atoms with Gasteiger partial charge in [0.15, 0.2) is 0 Å². The highest BCUT2D eigenvalue weighted by atomic mass is 32.2. The number of hydrogen-bond acceptors (Lipinski definition) is 6. The molecular formula is C38H32FN3O5S. The van der Waals surface area contributed by atoms with Crippen molar-refractivity contribution in [3.8, 4) is 11.5 Å². The second kappa shape index (κ2) is 16.1. The lowest BCUT2D eigenvalue weighted by Gasteiger charge is -2.18. The van der Waals surface area contributed by atoms with Crippen molar-refractivity contribution in [2.45, 2.75) is 10.1 Å². The van der Waals surface area contributed by atoms with E-state index >= 15 is 0 Å². The molecule has 0 aliphatic rings. The Bertz CT molecular complexity index is 1920. The van der Waals surface area contributed by atoms with Crippen LogP contribution in [0.5, 0.6) is 11.5 Å². The lowest BCUT2D eigenvalue weighted by atomic mass is 10.1. The summed E-state index contributed by atoms with van der Waals surface area (Å²) >= 11 is 1.29. The van der Waals surface area contributed by atoms with Gasteiger partial charge in [-0.2, -0.15) is 0 Å². The highest BCUT2D eigenvalue weighted by Crippen LogP contribution is 2.37. The number of thioether (sulfide) groups is 1. The summed E-state index contributed by atoms with van der Waals surface area (Å²) in [6.45, 7) is 0. The third-order valence-electron chi connectivity index (χ3n) is 7.07. The number of amides is 3. The van der Waals surface area contributed by atoms with E-state index in [0.29, 0.717) is 38.9 Å². The molecular weight excluding hydrogens is 629 g/mol. The quantitative estimate of drug-likeness (QED) is 0.0934. The predicted molar refractivity (Wildman–Crippen MR) is 187 cm³/mol. The zero-order valence-corrected chi connectivity index (χ0v) is 26.9. The number of carbonyl (C=O) groups excluding carboxylic acids is 3. The monoisotopic (exact) mass is 661 g/mol. The first-order valence-corrected chi connectivity index (χ1v) is 15.7. The summed E-state index contributed by atoms with van der Waals surface area (Å²) < 4.78 is 24.2. The summed E-state index contributed by atoms with van der Waals surface area (Å²) in [6, 6.07) is 35.5. The molecule has 3 amide bonds. The minimum Gasteiger partial charge on any atom is -0.497 e. The van der Waals surface area contributed by atoms with Crippen LogP contribution >= 0.6 is 11.8 Å². The van der Waals surface area contributed by atoms with Gasteiger partial charge in [-0.1, -0.05) is 54.6 Å². The van der Waals surface area contributed by atoms with Crippen molar-refractivity contribution < 1.29 is 28.2 Å². The zero-order valence-electron chi connectivity index (χ0n) is 26.1. The molecule has 0 saturated carbocycles. The molecule has 10 heteroatoms. The molecule has 5 aromatic rings. The number of nitrogens with one attached hydrogen (secondary N) is 3. The van der Waals surface area contributed by atoms with Crippen LogP contribution in [0.2, 0.25) is 0 Å². The van der Waals surface area contributed by atoms with Crippen LogP contribution in [0.4, 0.5) is 15.8 Å². The van der Waals surface area contributed by atoms with E-state index in [1.807, 2.05) is 36.4 Å². The highest BCUT2D eigenvalue weighted by molar-refractivity contribution is 8.00.